The maximum absolute atomic E-state index is 12.0. The molecule has 150 valence electrons. The average Bonchev–Trinajstić information content (AvgIpc) is 2.72. The molecule has 2 aromatic rings. The van der Waals surface area contributed by atoms with Crippen molar-refractivity contribution in [1.29, 1.82) is 5.26 Å². The van der Waals surface area contributed by atoms with E-state index in [1.54, 1.807) is 6.07 Å². The molecule has 2 aromatic carbocycles. The van der Waals surface area contributed by atoms with E-state index in [0.717, 1.165) is 12.8 Å². The van der Waals surface area contributed by atoms with Crippen molar-refractivity contribution in [3.63, 3.8) is 0 Å². The molecule has 7 nitrogen and oxygen atoms in total. The molecule has 2 rings (SSSR count). The first kappa shape index (κ1) is 21.6. The van der Waals surface area contributed by atoms with Gasteiger partial charge in [0.2, 0.25) is 5.91 Å². The molecule has 7 heteroatoms. The number of anilines is 1. The number of aryl methyl sites for hydroxylation is 1. The van der Waals surface area contributed by atoms with Gasteiger partial charge in [-0.05, 0) is 49.6 Å². The summed E-state index contributed by atoms with van der Waals surface area (Å²) in [7, 11) is 0. The number of amides is 2. The molecule has 0 bridgehead atoms. The highest BCUT2D eigenvalue weighted by Gasteiger charge is 2.12. The molecule has 2 amide bonds. The molecule has 0 spiro atoms. The van der Waals surface area contributed by atoms with Gasteiger partial charge in [0.1, 0.15) is 6.42 Å². The predicted octanol–water partition coefficient (Wildman–Crippen LogP) is 2.83. The number of hydrogen-bond acceptors (Lipinski definition) is 5. The number of carbonyl (C=O) groups excluding carboxylic acids is 3. The Kier molecular flexibility index (Phi) is 8.39. The van der Waals surface area contributed by atoms with Gasteiger partial charge < -0.3 is 15.4 Å². The number of carbonyl (C=O) groups is 3. The van der Waals surface area contributed by atoms with Crippen molar-refractivity contribution in [1.82, 2.24) is 5.32 Å². The topological polar surface area (TPSA) is 108 Å². The fourth-order valence-electron chi connectivity index (χ4n) is 2.60. The Hall–Kier alpha value is -3.66. The second kappa shape index (κ2) is 11.2. The number of benzene rings is 2. The molecule has 29 heavy (non-hydrogen) atoms. The number of hydrogen-bond donors (Lipinski definition) is 2. The summed E-state index contributed by atoms with van der Waals surface area (Å²) < 4.78 is 5.03. The summed E-state index contributed by atoms with van der Waals surface area (Å²) in [5.74, 6) is -1.42. The van der Waals surface area contributed by atoms with E-state index < -0.39 is 11.9 Å². The zero-order valence-electron chi connectivity index (χ0n) is 16.2. The van der Waals surface area contributed by atoms with E-state index in [4.69, 9.17) is 10.00 Å². The smallest absolute Gasteiger partial charge is 0.338 e. The molecule has 0 aliphatic carbocycles. The molecule has 0 saturated heterocycles. The van der Waals surface area contributed by atoms with Crippen molar-refractivity contribution < 1.29 is 19.1 Å². The molecule has 2 N–H and O–H groups in total. The lowest BCUT2D eigenvalue weighted by Crippen LogP contribution is -2.36. The molecule has 0 fully saturated rings. The summed E-state index contributed by atoms with van der Waals surface area (Å²) in [5.41, 5.74) is 1.92. The minimum absolute atomic E-state index is 0.0438. The lowest BCUT2D eigenvalue weighted by atomic mass is 10.1. The third kappa shape index (κ3) is 7.85. The van der Waals surface area contributed by atoms with Gasteiger partial charge in [-0.1, -0.05) is 30.3 Å². The largest absolute Gasteiger partial charge is 0.452 e. The molecule has 0 unspecified atom stereocenters. The van der Waals surface area contributed by atoms with Gasteiger partial charge in [0, 0.05) is 11.7 Å². The van der Waals surface area contributed by atoms with Crippen LogP contribution in [0.3, 0.4) is 0 Å². The van der Waals surface area contributed by atoms with Crippen LogP contribution in [0.2, 0.25) is 0 Å². The summed E-state index contributed by atoms with van der Waals surface area (Å²) in [6.07, 6.45) is 1.38. The van der Waals surface area contributed by atoms with Gasteiger partial charge >= 0.3 is 5.97 Å². The summed E-state index contributed by atoms with van der Waals surface area (Å²) >= 11 is 0. The summed E-state index contributed by atoms with van der Waals surface area (Å²) in [4.78, 5) is 35.4. The Morgan fingerprint density at radius 3 is 2.38 bits per heavy atom. The van der Waals surface area contributed by atoms with Crippen LogP contribution in [0.15, 0.2) is 54.6 Å². The molecular weight excluding hydrogens is 370 g/mol. The minimum atomic E-state index is -0.632. The molecule has 0 aromatic heterocycles. The van der Waals surface area contributed by atoms with Crippen LogP contribution in [0.5, 0.6) is 0 Å². The first-order valence-corrected chi connectivity index (χ1v) is 9.25. The second-order valence-electron chi connectivity index (χ2n) is 6.53. The fraction of sp³-hybridized carbons (Fsp3) is 0.273. The Bertz CT molecular complexity index is 873. The quantitative estimate of drug-likeness (QED) is 0.637. The van der Waals surface area contributed by atoms with E-state index >= 15 is 0 Å². The van der Waals surface area contributed by atoms with E-state index in [9.17, 15) is 14.4 Å². The van der Waals surface area contributed by atoms with Crippen LogP contribution in [0, 0.1) is 11.3 Å². The number of nitrogens with zero attached hydrogens (tertiary/aromatic N) is 1. The Morgan fingerprint density at radius 1 is 1.03 bits per heavy atom. The van der Waals surface area contributed by atoms with E-state index in [1.807, 2.05) is 37.3 Å². The molecule has 0 aliphatic heterocycles. The Labute approximate surface area is 169 Å². The summed E-state index contributed by atoms with van der Waals surface area (Å²) in [5, 5.41) is 13.8. The first-order chi connectivity index (χ1) is 14.0. The van der Waals surface area contributed by atoms with Crippen molar-refractivity contribution in [3.8, 4) is 6.07 Å². The van der Waals surface area contributed by atoms with Crippen LogP contribution in [0.4, 0.5) is 5.69 Å². The van der Waals surface area contributed by atoms with Gasteiger partial charge in [-0.15, -0.1) is 0 Å². The van der Waals surface area contributed by atoms with Gasteiger partial charge in [0.05, 0.1) is 11.6 Å². The molecule has 0 heterocycles. The molecule has 0 aliphatic rings. The lowest BCUT2D eigenvalue weighted by molar-refractivity contribution is -0.124. The Balaban J connectivity index is 1.72. The zero-order valence-corrected chi connectivity index (χ0v) is 16.2. The van der Waals surface area contributed by atoms with Gasteiger partial charge in [0.25, 0.3) is 5.91 Å². The highest BCUT2D eigenvalue weighted by Crippen LogP contribution is 2.11. The van der Waals surface area contributed by atoms with Crippen molar-refractivity contribution in [2.24, 2.45) is 0 Å². The van der Waals surface area contributed by atoms with Gasteiger partial charge in [0.15, 0.2) is 6.61 Å². The molecule has 0 saturated carbocycles. The number of nitrogens with one attached hydrogen (secondary N) is 2. The van der Waals surface area contributed by atoms with Crippen molar-refractivity contribution in [2.75, 3.05) is 11.9 Å². The van der Waals surface area contributed by atoms with E-state index in [1.165, 1.54) is 29.8 Å². The van der Waals surface area contributed by atoms with Crippen LogP contribution in [0.1, 0.15) is 35.7 Å². The lowest BCUT2D eigenvalue weighted by Gasteiger charge is -2.14. The fourth-order valence-corrected chi connectivity index (χ4v) is 2.60. The van der Waals surface area contributed by atoms with Crippen molar-refractivity contribution in [2.45, 2.75) is 32.2 Å². The minimum Gasteiger partial charge on any atom is -0.452 e. The maximum Gasteiger partial charge on any atom is 0.338 e. The standard InChI is InChI=1S/C22H23N3O4/c1-16(7-8-17-5-3-2-4-6-17)24-21(27)15-29-22(28)18-9-11-19(12-10-18)25-20(26)13-14-23/h2-6,9-12,16H,7-8,13,15H2,1H3,(H,24,27)(H,25,26)/t16-/m1/s1. The Morgan fingerprint density at radius 2 is 1.72 bits per heavy atom. The highest BCUT2D eigenvalue weighted by molar-refractivity contribution is 5.94. The van der Waals surface area contributed by atoms with Gasteiger partial charge in [-0.2, -0.15) is 5.26 Å². The average molecular weight is 393 g/mol. The van der Waals surface area contributed by atoms with Gasteiger partial charge in [-0.3, -0.25) is 9.59 Å². The van der Waals surface area contributed by atoms with E-state index in [0.29, 0.717) is 5.69 Å². The van der Waals surface area contributed by atoms with Crippen LogP contribution in [0.25, 0.3) is 0 Å². The third-order valence-electron chi connectivity index (χ3n) is 4.09. The highest BCUT2D eigenvalue weighted by atomic mass is 16.5. The zero-order chi connectivity index (χ0) is 21.1. The van der Waals surface area contributed by atoms with Crippen LogP contribution in [-0.4, -0.2) is 30.4 Å². The van der Waals surface area contributed by atoms with Crippen LogP contribution < -0.4 is 10.6 Å². The summed E-state index contributed by atoms with van der Waals surface area (Å²) in [6.45, 7) is 1.54. The number of esters is 1. The van der Waals surface area contributed by atoms with Crippen molar-refractivity contribution in [3.05, 3.63) is 65.7 Å². The maximum atomic E-state index is 12.0. The van der Waals surface area contributed by atoms with E-state index in [-0.39, 0.29) is 30.5 Å². The van der Waals surface area contributed by atoms with Crippen molar-refractivity contribution >= 4 is 23.5 Å². The van der Waals surface area contributed by atoms with Crippen LogP contribution >= 0.6 is 0 Å². The third-order valence-corrected chi connectivity index (χ3v) is 4.09. The SMILES string of the molecule is C[C@H](CCc1ccccc1)NC(=O)COC(=O)c1ccc(NC(=O)CC#N)cc1. The number of rotatable bonds is 9. The van der Waals surface area contributed by atoms with E-state index in [2.05, 4.69) is 10.6 Å². The monoisotopic (exact) mass is 393 g/mol. The molecular formula is C22H23N3O4. The predicted molar refractivity (Wildman–Crippen MR) is 108 cm³/mol. The van der Waals surface area contributed by atoms with Gasteiger partial charge in [-0.25, -0.2) is 4.79 Å². The van der Waals surface area contributed by atoms with Crippen LogP contribution in [-0.2, 0) is 20.7 Å². The molecule has 0 radical (unpaired) electrons. The number of nitriles is 1. The second-order valence-corrected chi connectivity index (χ2v) is 6.53. The first-order valence-electron chi connectivity index (χ1n) is 9.25. The molecule has 1 atom stereocenters. The number of ether oxygens (including phenoxy) is 1. The normalized spacial score (nSPS) is 11.0. The summed E-state index contributed by atoms with van der Waals surface area (Å²) in [6, 6.07) is 17.7.